The Kier molecular flexibility index (Phi) is 5.20. The Balaban J connectivity index is 1.98. The topological polar surface area (TPSA) is 58.6 Å². The predicted molar refractivity (Wildman–Crippen MR) is 88.5 cm³/mol. The van der Waals surface area contributed by atoms with E-state index < -0.39 is 5.97 Å². The molecule has 0 bridgehead atoms. The molecule has 0 amide bonds. The number of hydrogen-bond acceptors (Lipinski definition) is 3. The van der Waals surface area contributed by atoms with Gasteiger partial charge in [-0.05, 0) is 36.8 Å². The van der Waals surface area contributed by atoms with Crippen molar-refractivity contribution in [3.8, 4) is 5.75 Å². The van der Waals surface area contributed by atoms with E-state index in [1.54, 1.807) is 31.4 Å². The molecule has 2 aromatic rings. The number of methoxy groups -OCH3 is 1. The number of carboxylic acid groups (broad SMARTS) is 1. The molecule has 0 aliphatic heterocycles. The number of hydrogen-bond donors (Lipinski definition) is 2. The maximum Gasteiger partial charge on any atom is 0.335 e. The van der Waals surface area contributed by atoms with Gasteiger partial charge in [0.25, 0.3) is 0 Å². The fourth-order valence-corrected chi connectivity index (χ4v) is 2.03. The van der Waals surface area contributed by atoms with Gasteiger partial charge in [-0.15, -0.1) is 0 Å². The normalized spacial score (nSPS) is 11.1. The van der Waals surface area contributed by atoms with Crippen LogP contribution < -0.4 is 10.1 Å². The van der Waals surface area contributed by atoms with Crippen molar-refractivity contribution in [1.82, 2.24) is 0 Å². The third kappa shape index (κ3) is 4.38. The van der Waals surface area contributed by atoms with Crippen molar-refractivity contribution in [3.05, 3.63) is 65.2 Å². The Hall–Kier alpha value is -2.75. The third-order valence-corrected chi connectivity index (χ3v) is 3.21. The molecular weight excluding hydrogens is 278 g/mol. The van der Waals surface area contributed by atoms with Gasteiger partial charge in [-0.1, -0.05) is 29.8 Å². The average molecular weight is 297 g/mol. The molecule has 2 N–H and O–H groups in total. The molecule has 4 nitrogen and oxygen atoms in total. The highest BCUT2D eigenvalue weighted by Crippen LogP contribution is 2.17. The molecule has 114 valence electrons. The Bertz CT molecular complexity index is 675. The Morgan fingerprint density at radius 2 is 1.95 bits per heavy atom. The summed E-state index contributed by atoms with van der Waals surface area (Å²) in [6.45, 7) is 2.73. The van der Waals surface area contributed by atoms with Crippen LogP contribution in [0.1, 0.15) is 22.8 Å². The first-order chi connectivity index (χ1) is 10.6. The molecule has 0 unspecified atom stereocenters. The second kappa shape index (κ2) is 7.31. The molecule has 0 aliphatic rings. The lowest BCUT2D eigenvalue weighted by molar-refractivity contribution is 0.0697. The highest BCUT2D eigenvalue weighted by atomic mass is 16.5. The number of carbonyl (C=O) groups is 1. The first-order valence-corrected chi connectivity index (χ1v) is 6.97. The SMILES string of the molecule is COc1cccc(NCC(C)=Cc2ccc(C(=O)O)cc2)c1. The van der Waals surface area contributed by atoms with Crippen LogP contribution in [-0.2, 0) is 0 Å². The highest BCUT2D eigenvalue weighted by Gasteiger charge is 2.01. The average Bonchev–Trinajstić information content (AvgIpc) is 2.53. The van der Waals surface area contributed by atoms with E-state index >= 15 is 0 Å². The quantitative estimate of drug-likeness (QED) is 0.848. The zero-order chi connectivity index (χ0) is 15.9. The van der Waals surface area contributed by atoms with Crippen LogP contribution in [0.3, 0.4) is 0 Å². The summed E-state index contributed by atoms with van der Waals surface area (Å²) in [5.74, 6) is -0.0946. The van der Waals surface area contributed by atoms with Crippen LogP contribution in [0.15, 0.2) is 54.1 Å². The van der Waals surface area contributed by atoms with Gasteiger partial charge in [0.2, 0.25) is 0 Å². The second-order valence-electron chi connectivity index (χ2n) is 5.00. The lowest BCUT2D eigenvalue weighted by Gasteiger charge is -2.08. The standard InChI is InChI=1S/C18H19NO3/c1-13(10-14-6-8-15(9-7-14)18(20)21)12-19-16-4-3-5-17(11-16)22-2/h3-11,19H,12H2,1-2H3,(H,20,21). The number of rotatable bonds is 6. The van der Waals surface area contributed by atoms with E-state index in [0.717, 1.165) is 22.6 Å². The fraction of sp³-hybridized carbons (Fsp3) is 0.167. The summed E-state index contributed by atoms with van der Waals surface area (Å²) in [4.78, 5) is 10.8. The largest absolute Gasteiger partial charge is 0.497 e. The van der Waals surface area contributed by atoms with Crippen molar-refractivity contribution >= 4 is 17.7 Å². The maximum absolute atomic E-state index is 10.8. The van der Waals surface area contributed by atoms with Crippen LogP contribution in [0, 0.1) is 0 Å². The minimum atomic E-state index is -0.910. The number of nitrogens with one attached hydrogen (secondary N) is 1. The van der Waals surface area contributed by atoms with Crippen LogP contribution in [0.25, 0.3) is 6.08 Å². The van der Waals surface area contributed by atoms with Gasteiger partial charge in [-0.2, -0.15) is 0 Å². The van der Waals surface area contributed by atoms with Gasteiger partial charge in [0.15, 0.2) is 0 Å². The Morgan fingerprint density at radius 3 is 2.59 bits per heavy atom. The van der Waals surface area contributed by atoms with Crippen LogP contribution >= 0.6 is 0 Å². The highest BCUT2D eigenvalue weighted by molar-refractivity contribution is 5.87. The predicted octanol–water partition coefficient (Wildman–Crippen LogP) is 3.91. The molecule has 0 aliphatic carbocycles. The van der Waals surface area contributed by atoms with E-state index in [0.29, 0.717) is 12.1 Å². The van der Waals surface area contributed by atoms with Gasteiger partial charge < -0.3 is 15.2 Å². The van der Waals surface area contributed by atoms with Crippen molar-refractivity contribution in [2.45, 2.75) is 6.92 Å². The van der Waals surface area contributed by atoms with Crippen LogP contribution in [0.2, 0.25) is 0 Å². The van der Waals surface area contributed by atoms with Gasteiger partial charge in [0, 0.05) is 18.3 Å². The number of aromatic carboxylic acids is 1. The van der Waals surface area contributed by atoms with Crippen LogP contribution in [0.5, 0.6) is 5.75 Å². The zero-order valence-corrected chi connectivity index (χ0v) is 12.7. The zero-order valence-electron chi connectivity index (χ0n) is 12.7. The molecule has 2 rings (SSSR count). The minimum absolute atomic E-state index is 0.296. The summed E-state index contributed by atoms with van der Waals surface area (Å²) < 4.78 is 5.19. The van der Waals surface area contributed by atoms with Gasteiger partial charge in [0.1, 0.15) is 5.75 Å². The fourth-order valence-electron chi connectivity index (χ4n) is 2.03. The molecule has 0 atom stereocenters. The number of ether oxygens (including phenoxy) is 1. The van der Waals surface area contributed by atoms with Crippen molar-refractivity contribution < 1.29 is 14.6 Å². The second-order valence-corrected chi connectivity index (χ2v) is 5.00. The summed E-state index contributed by atoms with van der Waals surface area (Å²) in [6, 6.07) is 14.6. The lowest BCUT2D eigenvalue weighted by atomic mass is 10.1. The molecule has 2 aromatic carbocycles. The third-order valence-electron chi connectivity index (χ3n) is 3.21. The van der Waals surface area contributed by atoms with Crippen molar-refractivity contribution in [3.63, 3.8) is 0 Å². The van der Waals surface area contributed by atoms with E-state index in [-0.39, 0.29) is 0 Å². The van der Waals surface area contributed by atoms with Crippen LogP contribution in [0.4, 0.5) is 5.69 Å². The maximum atomic E-state index is 10.8. The first kappa shape index (κ1) is 15.6. The number of benzene rings is 2. The molecule has 22 heavy (non-hydrogen) atoms. The van der Waals surface area contributed by atoms with E-state index in [9.17, 15) is 4.79 Å². The molecular formula is C18H19NO3. The molecule has 0 radical (unpaired) electrons. The van der Waals surface area contributed by atoms with Gasteiger partial charge in [-0.25, -0.2) is 4.79 Å². The van der Waals surface area contributed by atoms with Crippen molar-refractivity contribution in [2.24, 2.45) is 0 Å². The number of anilines is 1. The molecule has 0 aromatic heterocycles. The molecule has 4 heteroatoms. The van der Waals surface area contributed by atoms with Crippen molar-refractivity contribution in [1.29, 1.82) is 0 Å². The minimum Gasteiger partial charge on any atom is -0.497 e. The molecule has 0 spiro atoms. The molecule has 0 saturated carbocycles. The van der Waals surface area contributed by atoms with Crippen molar-refractivity contribution in [2.75, 3.05) is 19.0 Å². The molecule has 0 saturated heterocycles. The van der Waals surface area contributed by atoms with Gasteiger partial charge >= 0.3 is 5.97 Å². The van der Waals surface area contributed by atoms with Crippen LogP contribution in [-0.4, -0.2) is 24.7 Å². The first-order valence-electron chi connectivity index (χ1n) is 6.97. The van der Waals surface area contributed by atoms with E-state index in [4.69, 9.17) is 9.84 Å². The summed E-state index contributed by atoms with van der Waals surface area (Å²) in [6.07, 6.45) is 2.03. The summed E-state index contributed by atoms with van der Waals surface area (Å²) in [5.41, 5.74) is 3.42. The van der Waals surface area contributed by atoms with E-state index in [1.807, 2.05) is 37.3 Å². The number of carboxylic acids is 1. The van der Waals surface area contributed by atoms with Gasteiger partial charge in [0.05, 0.1) is 12.7 Å². The summed E-state index contributed by atoms with van der Waals surface area (Å²) in [7, 11) is 1.64. The van der Waals surface area contributed by atoms with Gasteiger partial charge in [-0.3, -0.25) is 0 Å². The summed E-state index contributed by atoms with van der Waals surface area (Å²) in [5, 5.41) is 12.2. The van der Waals surface area contributed by atoms with E-state index in [2.05, 4.69) is 5.32 Å². The Labute approximate surface area is 130 Å². The van der Waals surface area contributed by atoms with E-state index in [1.165, 1.54) is 0 Å². The summed E-state index contributed by atoms with van der Waals surface area (Å²) >= 11 is 0. The smallest absolute Gasteiger partial charge is 0.335 e. The lowest BCUT2D eigenvalue weighted by Crippen LogP contribution is -2.02. The molecule has 0 fully saturated rings. The monoisotopic (exact) mass is 297 g/mol. The molecule has 0 heterocycles. The Morgan fingerprint density at radius 1 is 1.23 bits per heavy atom.